The van der Waals surface area contributed by atoms with Gasteiger partial charge in [0.05, 0.1) is 0 Å². The van der Waals surface area contributed by atoms with Crippen molar-refractivity contribution in [2.45, 2.75) is 11.2 Å². The van der Waals surface area contributed by atoms with Crippen LogP contribution in [-0.4, -0.2) is 10.2 Å². The zero-order valence-corrected chi connectivity index (χ0v) is 15.1. The monoisotopic (exact) mass is 362 g/mol. The lowest BCUT2D eigenvalue weighted by atomic mass is 9.56. The highest BCUT2D eigenvalue weighted by atomic mass is 16.3. The molecule has 4 aromatic rings. The molecule has 28 heavy (non-hydrogen) atoms. The van der Waals surface area contributed by atoms with Gasteiger partial charge in [-0.1, -0.05) is 91.0 Å². The molecule has 0 heterocycles. The average Bonchev–Trinajstić information content (AvgIpc) is 2.77. The van der Waals surface area contributed by atoms with E-state index in [4.69, 9.17) is 0 Å². The number of rotatable bonds is 1. The van der Waals surface area contributed by atoms with E-state index < -0.39 is 11.2 Å². The molecule has 4 aromatic carbocycles. The number of hydrogen-bond acceptors (Lipinski definition) is 2. The first-order chi connectivity index (χ1) is 13.6. The predicted molar refractivity (Wildman–Crippen MR) is 109 cm³/mol. The topological polar surface area (TPSA) is 40.5 Å². The Morgan fingerprint density at radius 1 is 0.393 bits per heavy atom. The van der Waals surface area contributed by atoms with Crippen LogP contribution in [0.1, 0.15) is 33.4 Å². The van der Waals surface area contributed by atoms with E-state index in [1.807, 2.05) is 84.9 Å². The van der Waals surface area contributed by atoms with E-state index >= 15 is 0 Å². The molecular weight excluding hydrogens is 344 g/mol. The molecule has 0 fully saturated rings. The molecule has 0 aromatic heterocycles. The summed E-state index contributed by atoms with van der Waals surface area (Å²) in [5.74, 6) is 0. The van der Waals surface area contributed by atoms with Crippen molar-refractivity contribution in [3.05, 3.63) is 130 Å². The Morgan fingerprint density at radius 3 is 1.36 bits per heavy atom. The summed E-state index contributed by atoms with van der Waals surface area (Å²) in [6.07, 6.45) is 0. The van der Waals surface area contributed by atoms with Crippen molar-refractivity contribution < 1.29 is 10.2 Å². The fourth-order valence-corrected chi connectivity index (χ4v) is 5.07. The van der Waals surface area contributed by atoms with Crippen LogP contribution in [0.2, 0.25) is 0 Å². The van der Waals surface area contributed by atoms with Gasteiger partial charge in [0.25, 0.3) is 0 Å². The first kappa shape index (κ1) is 15.8. The van der Waals surface area contributed by atoms with E-state index in [1.54, 1.807) is 0 Å². The Bertz CT molecular complexity index is 1190. The molecule has 2 N–H and O–H groups in total. The van der Waals surface area contributed by atoms with E-state index in [1.165, 1.54) is 0 Å². The van der Waals surface area contributed by atoms with Crippen LogP contribution >= 0.6 is 0 Å². The highest BCUT2D eigenvalue weighted by molar-refractivity contribution is 5.75. The van der Waals surface area contributed by atoms with Crippen molar-refractivity contribution in [1.82, 2.24) is 0 Å². The molecule has 0 saturated heterocycles. The van der Waals surface area contributed by atoms with Crippen LogP contribution in [0.4, 0.5) is 0 Å². The van der Waals surface area contributed by atoms with Gasteiger partial charge in [0, 0.05) is 5.56 Å². The molecule has 134 valence electrons. The fraction of sp³-hybridized carbons (Fsp3) is 0.0769. The van der Waals surface area contributed by atoms with Crippen molar-refractivity contribution in [3.8, 4) is 11.1 Å². The van der Waals surface area contributed by atoms with Gasteiger partial charge in [-0.15, -0.1) is 0 Å². The van der Waals surface area contributed by atoms with Gasteiger partial charge < -0.3 is 10.2 Å². The highest BCUT2D eigenvalue weighted by Crippen LogP contribution is 2.59. The lowest BCUT2D eigenvalue weighted by Crippen LogP contribution is -2.50. The third-order valence-electron chi connectivity index (χ3n) is 6.32. The maximum absolute atomic E-state index is 12.1. The van der Waals surface area contributed by atoms with Crippen molar-refractivity contribution in [2.24, 2.45) is 0 Å². The van der Waals surface area contributed by atoms with Crippen LogP contribution in [0.25, 0.3) is 11.1 Å². The maximum Gasteiger partial charge on any atom is 0.141 e. The van der Waals surface area contributed by atoms with Crippen molar-refractivity contribution in [1.29, 1.82) is 0 Å². The molecule has 3 aliphatic carbocycles. The minimum absolute atomic E-state index is 0.757. The lowest BCUT2D eigenvalue weighted by Gasteiger charge is -2.51. The molecule has 2 bridgehead atoms. The minimum atomic E-state index is -1.28. The van der Waals surface area contributed by atoms with Crippen molar-refractivity contribution in [3.63, 3.8) is 0 Å². The van der Waals surface area contributed by atoms with Crippen LogP contribution in [0.3, 0.4) is 0 Å². The van der Waals surface area contributed by atoms with Gasteiger partial charge in [-0.2, -0.15) is 0 Å². The molecule has 2 nitrogen and oxygen atoms in total. The van der Waals surface area contributed by atoms with Gasteiger partial charge in [-0.25, -0.2) is 0 Å². The number of aliphatic hydroxyl groups is 2. The summed E-state index contributed by atoms with van der Waals surface area (Å²) in [5, 5.41) is 24.2. The fourth-order valence-electron chi connectivity index (χ4n) is 5.07. The molecule has 0 radical (unpaired) electrons. The second-order valence-corrected chi connectivity index (χ2v) is 7.64. The summed E-state index contributed by atoms with van der Waals surface area (Å²) in [7, 11) is 0. The first-order valence-corrected chi connectivity index (χ1v) is 9.50. The van der Waals surface area contributed by atoms with Crippen LogP contribution in [0, 0.1) is 0 Å². The predicted octanol–water partition coefficient (Wildman–Crippen LogP) is 4.55. The Kier molecular flexibility index (Phi) is 2.94. The Hall–Kier alpha value is -3.20. The van der Waals surface area contributed by atoms with Gasteiger partial charge in [-0.3, -0.25) is 0 Å². The number of hydrogen-bond donors (Lipinski definition) is 2. The second-order valence-electron chi connectivity index (χ2n) is 7.64. The number of benzene rings is 4. The van der Waals surface area contributed by atoms with Gasteiger partial charge in [0.15, 0.2) is 0 Å². The first-order valence-electron chi connectivity index (χ1n) is 9.50. The summed E-state index contributed by atoms with van der Waals surface area (Å²) in [4.78, 5) is 0. The van der Waals surface area contributed by atoms with E-state index in [-0.39, 0.29) is 0 Å². The molecule has 0 amide bonds. The lowest BCUT2D eigenvalue weighted by molar-refractivity contribution is 0.0494. The maximum atomic E-state index is 12.1. The van der Waals surface area contributed by atoms with Crippen LogP contribution in [0.5, 0.6) is 0 Å². The van der Waals surface area contributed by atoms with Gasteiger partial charge >= 0.3 is 0 Å². The van der Waals surface area contributed by atoms with E-state index in [9.17, 15) is 10.2 Å². The molecule has 0 spiro atoms. The van der Waals surface area contributed by atoms with Crippen molar-refractivity contribution in [2.75, 3.05) is 0 Å². The molecule has 2 heteroatoms. The second kappa shape index (κ2) is 5.20. The zero-order chi connectivity index (χ0) is 18.9. The SMILES string of the molecule is OC12c3ccccc3C(O)(c3ccccc31)c1cc(-c3ccccc3)ccc12. The van der Waals surface area contributed by atoms with Gasteiger partial charge in [-0.05, 0) is 45.0 Å². The highest BCUT2D eigenvalue weighted by Gasteiger charge is 2.57. The molecule has 0 aliphatic heterocycles. The largest absolute Gasteiger partial charge is 0.376 e. The third-order valence-corrected chi connectivity index (χ3v) is 6.32. The quantitative estimate of drug-likeness (QED) is 0.522. The average molecular weight is 362 g/mol. The summed E-state index contributed by atoms with van der Waals surface area (Å²) in [6, 6.07) is 31.5. The Labute approximate surface area is 163 Å². The Balaban J connectivity index is 1.73. The van der Waals surface area contributed by atoms with Gasteiger partial charge in [0.2, 0.25) is 0 Å². The molecular formula is C26H18O2. The molecule has 7 rings (SSSR count). The standard InChI is InChI=1S/C26H18O2/c27-25-19-10-4-6-12-21(19)26(28,22-13-7-5-11-20(22)25)24-16-18(14-15-23(24)25)17-8-2-1-3-9-17/h1-16,27-28H. The summed E-state index contributed by atoms with van der Waals surface area (Å²) in [6.45, 7) is 0. The van der Waals surface area contributed by atoms with E-state index in [0.717, 1.165) is 44.5 Å². The smallest absolute Gasteiger partial charge is 0.141 e. The molecule has 0 saturated carbocycles. The zero-order valence-electron chi connectivity index (χ0n) is 15.1. The third kappa shape index (κ3) is 1.70. The van der Waals surface area contributed by atoms with Crippen LogP contribution in [0.15, 0.2) is 97.1 Å². The minimum Gasteiger partial charge on any atom is -0.376 e. The van der Waals surface area contributed by atoms with Crippen molar-refractivity contribution >= 4 is 0 Å². The van der Waals surface area contributed by atoms with Crippen LogP contribution < -0.4 is 0 Å². The summed E-state index contributed by atoms with van der Waals surface area (Å²) < 4.78 is 0. The van der Waals surface area contributed by atoms with E-state index in [0.29, 0.717) is 0 Å². The normalized spacial score (nSPS) is 23.6. The van der Waals surface area contributed by atoms with Crippen LogP contribution in [-0.2, 0) is 11.2 Å². The molecule has 0 unspecified atom stereocenters. The molecule has 0 atom stereocenters. The summed E-state index contributed by atoms with van der Waals surface area (Å²) in [5.41, 5.74) is 4.12. The van der Waals surface area contributed by atoms with Gasteiger partial charge in [0.1, 0.15) is 11.2 Å². The summed E-state index contributed by atoms with van der Waals surface area (Å²) >= 11 is 0. The molecule has 3 aliphatic rings. The van der Waals surface area contributed by atoms with E-state index in [2.05, 4.69) is 12.1 Å². The Morgan fingerprint density at radius 2 is 0.821 bits per heavy atom.